The van der Waals surface area contributed by atoms with Crippen molar-refractivity contribution < 1.29 is 76.1 Å². The van der Waals surface area contributed by atoms with E-state index in [1.165, 1.54) is 22.7 Å². The third-order valence-corrected chi connectivity index (χ3v) is 21.9. The van der Waals surface area contributed by atoms with E-state index < -0.39 is 47.5 Å². The van der Waals surface area contributed by atoms with Crippen LogP contribution < -0.4 is 47.9 Å². The number of nitrogens with zero attached hydrogens (tertiary/aromatic N) is 6. The summed E-state index contributed by atoms with van der Waals surface area (Å²) in [7, 11) is 3.28. The van der Waals surface area contributed by atoms with Crippen LogP contribution >= 0.6 is 22.7 Å². The smallest absolute Gasteiger partial charge is 0.330 e. The summed E-state index contributed by atoms with van der Waals surface area (Å²) in [6.07, 6.45) is 23.9. The van der Waals surface area contributed by atoms with Crippen LogP contribution in [0, 0.1) is 23.7 Å². The van der Waals surface area contributed by atoms with Crippen molar-refractivity contribution in [2.75, 3.05) is 63.8 Å². The van der Waals surface area contributed by atoms with Crippen LogP contribution in [0.1, 0.15) is 179 Å². The summed E-state index contributed by atoms with van der Waals surface area (Å²) < 4.78 is 59.5. The molecule has 0 atom stereocenters. The largest absolute Gasteiger partial charge is 0.497 e. The highest BCUT2D eigenvalue weighted by molar-refractivity contribution is 7.22. The van der Waals surface area contributed by atoms with Crippen molar-refractivity contribution >= 4 is 102 Å². The van der Waals surface area contributed by atoms with E-state index in [0.717, 1.165) is 158 Å². The molecule has 112 heavy (non-hydrogen) atoms. The SMILES string of the molecule is C=CC(=O)OCCCCCCOc1ccc(OC(=O)C2CCC(C(=O)Oc3ccc(-c4ccc(OC(=O)C5CCC(C(=O)Oc6ccc(OCCCCCCOC(=O)C=C)cc6)CC5)c(/C=N/N(CCCCCC)c5nc6ccc(OC)cc6s5)c4)cc3/C=N/N(CCCCCC)c3nc4ccc(OC)cc4s3)CC2)cc1. The summed E-state index contributed by atoms with van der Waals surface area (Å²) in [4.78, 5) is 88.9. The number of unbranched alkanes of at least 4 members (excludes halogenated alkanes) is 12. The number of aromatic nitrogens is 2. The molecule has 2 saturated carbocycles. The maximum absolute atomic E-state index is 14.5. The van der Waals surface area contributed by atoms with Gasteiger partial charge in [-0.05, 0) is 236 Å². The minimum Gasteiger partial charge on any atom is -0.497 e. The number of anilines is 2. The second-order valence-electron chi connectivity index (χ2n) is 28.0. The molecule has 24 heteroatoms. The zero-order valence-corrected chi connectivity index (χ0v) is 66.5. The summed E-state index contributed by atoms with van der Waals surface area (Å²) in [5.74, 6) is -0.0439. The fraction of sp³-hybridized carbons (Fsp3) is 0.432. The molecule has 2 aliphatic carbocycles. The summed E-state index contributed by atoms with van der Waals surface area (Å²) >= 11 is 3.02. The molecule has 594 valence electrons. The Bertz CT molecular complexity index is 4180. The van der Waals surface area contributed by atoms with Crippen LogP contribution in [0.5, 0.6) is 46.0 Å². The molecule has 0 amide bonds. The van der Waals surface area contributed by atoms with Crippen LogP contribution in [0.2, 0.25) is 0 Å². The van der Waals surface area contributed by atoms with Gasteiger partial charge >= 0.3 is 35.8 Å². The Morgan fingerprint density at radius 3 is 1.11 bits per heavy atom. The molecular weight excluding hydrogens is 1460 g/mol. The molecule has 0 N–H and O–H groups in total. The van der Waals surface area contributed by atoms with E-state index in [1.54, 1.807) is 87.3 Å². The molecule has 8 aromatic rings. The highest BCUT2D eigenvalue weighted by atomic mass is 32.1. The number of rotatable bonds is 45. The van der Waals surface area contributed by atoms with Crippen LogP contribution in [0.15, 0.2) is 157 Å². The Morgan fingerprint density at radius 1 is 0.411 bits per heavy atom. The molecule has 0 saturated heterocycles. The van der Waals surface area contributed by atoms with Crippen LogP contribution in [-0.4, -0.2) is 112 Å². The maximum Gasteiger partial charge on any atom is 0.330 e. The molecule has 0 aliphatic heterocycles. The van der Waals surface area contributed by atoms with Gasteiger partial charge in [0, 0.05) is 36.4 Å². The Morgan fingerprint density at radius 2 is 0.750 bits per heavy atom. The molecule has 2 fully saturated rings. The number of methoxy groups -OCH3 is 2. The van der Waals surface area contributed by atoms with Gasteiger partial charge in [0.2, 0.25) is 10.3 Å². The average molecular weight is 1570 g/mol. The van der Waals surface area contributed by atoms with Crippen molar-refractivity contribution in [3.05, 3.63) is 158 Å². The quantitative estimate of drug-likeness (QED) is 0.00858. The Balaban J connectivity index is 0.865. The number of fused-ring (bicyclic) bond motifs is 2. The van der Waals surface area contributed by atoms with Gasteiger partial charge < -0.3 is 47.4 Å². The van der Waals surface area contributed by atoms with Crippen molar-refractivity contribution in [3.63, 3.8) is 0 Å². The Labute approximate surface area is 664 Å². The minimum atomic E-state index is -0.491. The monoisotopic (exact) mass is 1560 g/mol. The summed E-state index contributed by atoms with van der Waals surface area (Å²) in [6, 6.07) is 36.7. The maximum atomic E-state index is 14.5. The van der Waals surface area contributed by atoms with E-state index in [4.69, 9.17) is 67.5 Å². The van der Waals surface area contributed by atoms with Gasteiger partial charge in [0.15, 0.2) is 0 Å². The lowest BCUT2D eigenvalue weighted by molar-refractivity contribution is -0.145. The summed E-state index contributed by atoms with van der Waals surface area (Å²) in [6.45, 7) is 14.1. The first kappa shape index (κ1) is 84.0. The first-order chi connectivity index (χ1) is 54.7. The first-order valence-corrected chi connectivity index (χ1v) is 41.0. The molecule has 10 rings (SSSR count). The van der Waals surface area contributed by atoms with Crippen LogP contribution in [0.4, 0.5) is 10.3 Å². The number of carbonyl (C=O) groups is 6. The lowest BCUT2D eigenvalue weighted by Crippen LogP contribution is -2.30. The van der Waals surface area contributed by atoms with Gasteiger partial charge in [-0.3, -0.25) is 19.2 Å². The van der Waals surface area contributed by atoms with Gasteiger partial charge in [-0.15, -0.1) is 0 Å². The molecule has 0 radical (unpaired) electrons. The van der Waals surface area contributed by atoms with Gasteiger partial charge in [0.1, 0.15) is 46.0 Å². The van der Waals surface area contributed by atoms with Gasteiger partial charge in [0.25, 0.3) is 0 Å². The Hall–Kier alpha value is -10.5. The predicted octanol–water partition coefficient (Wildman–Crippen LogP) is 19.4. The molecule has 0 bridgehead atoms. The second kappa shape index (κ2) is 44.5. The van der Waals surface area contributed by atoms with Crippen LogP contribution in [0.25, 0.3) is 31.6 Å². The van der Waals surface area contributed by atoms with Crippen LogP contribution in [-0.2, 0) is 38.2 Å². The molecule has 0 unspecified atom stereocenters. The molecular formula is C88H104N6O16S2. The number of benzene rings is 6. The minimum absolute atomic E-state index is 0.292. The normalized spacial score (nSPS) is 15.5. The number of hydrazone groups is 2. The van der Waals surface area contributed by atoms with E-state index in [1.807, 2.05) is 70.7 Å². The molecule has 2 aromatic heterocycles. The van der Waals surface area contributed by atoms with Gasteiger partial charge in [-0.2, -0.15) is 10.2 Å². The number of thiazole rings is 2. The summed E-state index contributed by atoms with van der Waals surface area (Å²) in [5.41, 5.74) is 4.13. The first-order valence-electron chi connectivity index (χ1n) is 39.4. The second-order valence-corrected chi connectivity index (χ2v) is 30.0. The average Bonchev–Trinajstić information content (AvgIpc) is 1.09. The molecule has 2 heterocycles. The van der Waals surface area contributed by atoms with E-state index in [2.05, 4.69) is 27.0 Å². The van der Waals surface area contributed by atoms with Crippen molar-refractivity contribution in [2.45, 2.75) is 168 Å². The predicted molar refractivity (Wildman–Crippen MR) is 439 cm³/mol. The van der Waals surface area contributed by atoms with E-state index >= 15 is 0 Å². The number of hydrogen-bond acceptors (Lipinski definition) is 24. The molecule has 0 spiro atoms. The lowest BCUT2D eigenvalue weighted by atomic mass is 9.82. The highest BCUT2D eigenvalue weighted by Crippen LogP contribution is 2.39. The number of ether oxygens (including phenoxy) is 10. The zero-order valence-electron chi connectivity index (χ0n) is 64.8. The van der Waals surface area contributed by atoms with Crippen molar-refractivity contribution in [2.24, 2.45) is 33.9 Å². The van der Waals surface area contributed by atoms with Crippen LogP contribution in [0.3, 0.4) is 0 Å². The van der Waals surface area contributed by atoms with Crippen molar-refractivity contribution in [3.8, 4) is 57.1 Å². The van der Waals surface area contributed by atoms with Crippen molar-refractivity contribution in [1.29, 1.82) is 0 Å². The highest BCUT2D eigenvalue weighted by Gasteiger charge is 2.35. The summed E-state index contributed by atoms with van der Waals surface area (Å²) in [5, 5.41) is 15.5. The van der Waals surface area contributed by atoms with E-state index in [-0.39, 0.29) is 11.9 Å². The Kier molecular flexibility index (Phi) is 33.4. The van der Waals surface area contributed by atoms with Gasteiger partial charge in [0.05, 0.1) is 97.2 Å². The van der Waals surface area contributed by atoms with E-state index in [0.29, 0.717) is 147 Å². The zero-order chi connectivity index (χ0) is 78.8. The van der Waals surface area contributed by atoms with E-state index in [9.17, 15) is 28.8 Å². The topological polar surface area (TPSA) is 252 Å². The number of carbonyl (C=O) groups excluding carboxylic acids is 6. The fourth-order valence-corrected chi connectivity index (χ4v) is 15.2. The van der Waals surface area contributed by atoms with Gasteiger partial charge in [-0.1, -0.05) is 100 Å². The van der Waals surface area contributed by atoms with Gasteiger partial charge in [-0.25, -0.2) is 29.6 Å². The molecule has 22 nitrogen and oxygen atoms in total. The fourth-order valence-electron chi connectivity index (χ4n) is 13.2. The molecule has 6 aromatic carbocycles. The lowest BCUT2D eigenvalue weighted by Gasteiger charge is -2.26. The van der Waals surface area contributed by atoms with Crippen molar-refractivity contribution in [1.82, 2.24) is 9.97 Å². The molecule has 2 aliphatic rings. The number of esters is 6. The third kappa shape index (κ3) is 25.8. The standard InChI is InChI=1S/C88H104N6O16S2/c1-7-11-13-19-49-93(87-91-75-45-43-73(101-5)57-79(75)111-87)89-59-67-55-65(33-47-77(67)109-85(99)63-29-25-61(26-30-63)83(97)107-71-39-35-69(36-40-71)103-51-21-15-17-23-53-105-81(95)9-3)66-34-48-78(68(56-66)60-90-94(50-20-14-12-8-2)88-92-76-46-44-74(102-6)58-80(76)112-88)110-86(100)64-31-27-62(28-32-64)84(98)108-72-41-37-70(38-42-72)104-52-22-16-18-24-54-106-82(96)10-4/h9-10,33-48,55-64H,3-4,7-8,11-32,49-54H2,1-2,5-6H3/b89-59+,90-60+. The third-order valence-electron chi connectivity index (χ3n) is 19.8. The number of hydrogen-bond donors (Lipinski definition) is 0.